The number of nitrogens with zero attached hydrogens (tertiary/aromatic N) is 2. The number of phenols is 1. The van der Waals surface area contributed by atoms with E-state index in [2.05, 4.69) is 9.97 Å². The Morgan fingerprint density at radius 3 is 2.50 bits per heavy atom. The Morgan fingerprint density at radius 2 is 1.78 bits per heavy atom. The Kier molecular flexibility index (Phi) is 2.78. The molecule has 4 heteroatoms. The summed E-state index contributed by atoms with van der Waals surface area (Å²) < 4.78 is 0. The third-order valence-electron chi connectivity index (χ3n) is 2.54. The zero-order chi connectivity index (χ0) is 12.4. The van der Waals surface area contributed by atoms with Crippen molar-refractivity contribution in [3.8, 4) is 26.9 Å². The van der Waals surface area contributed by atoms with Gasteiger partial charge in [0.15, 0.2) is 0 Å². The Balaban J connectivity index is 1.97. The number of benzene rings is 1. The summed E-state index contributed by atoms with van der Waals surface area (Å²) in [6.45, 7) is 0. The second kappa shape index (κ2) is 4.58. The standard InChI is InChI=1S/C14H10N2OS/c17-11-6-4-10(5-7-11)13-9-16-14(18-13)12-3-1-2-8-15-12/h1-9,17H. The maximum absolute atomic E-state index is 9.26. The van der Waals surface area contributed by atoms with Gasteiger partial charge in [-0.2, -0.15) is 0 Å². The quantitative estimate of drug-likeness (QED) is 0.760. The third-order valence-corrected chi connectivity index (χ3v) is 3.61. The van der Waals surface area contributed by atoms with Crippen LogP contribution in [-0.2, 0) is 0 Å². The molecule has 0 aliphatic rings. The summed E-state index contributed by atoms with van der Waals surface area (Å²) in [5.74, 6) is 0.271. The molecule has 0 radical (unpaired) electrons. The number of hydrogen-bond acceptors (Lipinski definition) is 4. The lowest BCUT2D eigenvalue weighted by atomic mass is 10.2. The van der Waals surface area contributed by atoms with E-state index in [9.17, 15) is 5.11 Å². The van der Waals surface area contributed by atoms with Crippen molar-refractivity contribution in [2.24, 2.45) is 0 Å². The van der Waals surface area contributed by atoms with Crippen LogP contribution in [0.5, 0.6) is 5.75 Å². The molecule has 0 bridgehead atoms. The Hall–Kier alpha value is -2.20. The molecule has 0 saturated carbocycles. The molecule has 0 amide bonds. The van der Waals surface area contributed by atoms with Crippen molar-refractivity contribution in [2.45, 2.75) is 0 Å². The minimum atomic E-state index is 0.271. The van der Waals surface area contributed by atoms with Gasteiger partial charge in [0.1, 0.15) is 10.8 Å². The first-order chi connectivity index (χ1) is 8.83. The van der Waals surface area contributed by atoms with Crippen LogP contribution in [0.4, 0.5) is 0 Å². The molecule has 0 aliphatic carbocycles. The second-order valence-electron chi connectivity index (χ2n) is 3.79. The van der Waals surface area contributed by atoms with Gasteiger partial charge in [-0.3, -0.25) is 4.98 Å². The molecule has 0 aliphatic heterocycles. The van der Waals surface area contributed by atoms with E-state index >= 15 is 0 Å². The summed E-state index contributed by atoms with van der Waals surface area (Å²) >= 11 is 1.59. The fraction of sp³-hybridized carbons (Fsp3) is 0. The van der Waals surface area contributed by atoms with E-state index < -0.39 is 0 Å². The van der Waals surface area contributed by atoms with E-state index in [1.54, 1.807) is 29.7 Å². The van der Waals surface area contributed by atoms with Gasteiger partial charge in [0.05, 0.1) is 10.6 Å². The number of aromatic nitrogens is 2. The molecule has 0 spiro atoms. The van der Waals surface area contributed by atoms with Crippen LogP contribution in [0.2, 0.25) is 0 Å². The zero-order valence-corrected chi connectivity index (χ0v) is 10.3. The first-order valence-corrected chi connectivity index (χ1v) is 6.31. The highest BCUT2D eigenvalue weighted by Gasteiger charge is 2.06. The summed E-state index contributed by atoms with van der Waals surface area (Å²) in [4.78, 5) is 9.72. The van der Waals surface area contributed by atoms with Crippen LogP contribution in [0.15, 0.2) is 54.9 Å². The highest BCUT2D eigenvalue weighted by Crippen LogP contribution is 2.31. The highest BCUT2D eigenvalue weighted by atomic mass is 32.1. The van der Waals surface area contributed by atoms with E-state index in [0.29, 0.717) is 0 Å². The minimum Gasteiger partial charge on any atom is -0.508 e. The monoisotopic (exact) mass is 254 g/mol. The maximum Gasteiger partial charge on any atom is 0.142 e. The van der Waals surface area contributed by atoms with E-state index in [4.69, 9.17) is 0 Å². The Bertz CT molecular complexity index is 647. The number of phenolic OH excluding ortho intramolecular Hbond substituents is 1. The molecule has 0 fully saturated rings. The van der Waals surface area contributed by atoms with Crippen LogP contribution >= 0.6 is 11.3 Å². The minimum absolute atomic E-state index is 0.271. The van der Waals surface area contributed by atoms with Crippen molar-refractivity contribution in [2.75, 3.05) is 0 Å². The number of rotatable bonds is 2. The highest BCUT2D eigenvalue weighted by molar-refractivity contribution is 7.18. The van der Waals surface area contributed by atoms with Gasteiger partial charge in [-0.15, -0.1) is 11.3 Å². The normalized spacial score (nSPS) is 10.4. The van der Waals surface area contributed by atoms with Crippen molar-refractivity contribution >= 4 is 11.3 Å². The number of pyridine rings is 1. The molecule has 18 heavy (non-hydrogen) atoms. The van der Waals surface area contributed by atoms with Crippen LogP contribution in [-0.4, -0.2) is 15.1 Å². The summed E-state index contributed by atoms with van der Waals surface area (Å²) in [6, 6.07) is 12.9. The van der Waals surface area contributed by atoms with Gasteiger partial charge >= 0.3 is 0 Å². The van der Waals surface area contributed by atoms with Crippen LogP contribution in [0.25, 0.3) is 21.1 Å². The molecule has 2 aromatic heterocycles. The van der Waals surface area contributed by atoms with E-state index in [1.807, 2.05) is 36.5 Å². The molecule has 3 nitrogen and oxygen atoms in total. The first-order valence-electron chi connectivity index (χ1n) is 5.49. The fourth-order valence-corrected chi connectivity index (χ4v) is 2.54. The van der Waals surface area contributed by atoms with Crippen molar-refractivity contribution in [1.82, 2.24) is 9.97 Å². The van der Waals surface area contributed by atoms with Gasteiger partial charge < -0.3 is 5.11 Å². The van der Waals surface area contributed by atoms with Crippen molar-refractivity contribution in [3.05, 3.63) is 54.9 Å². The molecule has 1 aromatic carbocycles. The summed E-state index contributed by atoms with van der Waals surface area (Å²) in [7, 11) is 0. The smallest absolute Gasteiger partial charge is 0.142 e. The topological polar surface area (TPSA) is 46.0 Å². The van der Waals surface area contributed by atoms with Crippen LogP contribution < -0.4 is 0 Å². The molecule has 3 aromatic rings. The summed E-state index contributed by atoms with van der Waals surface area (Å²) in [5.41, 5.74) is 1.93. The number of hydrogen-bond donors (Lipinski definition) is 1. The predicted octanol–water partition coefficient (Wildman–Crippen LogP) is 3.58. The zero-order valence-electron chi connectivity index (χ0n) is 9.45. The molecule has 0 unspecified atom stereocenters. The van der Waals surface area contributed by atoms with Crippen LogP contribution in [0.1, 0.15) is 0 Å². The third kappa shape index (κ3) is 2.10. The van der Waals surface area contributed by atoms with Crippen LogP contribution in [0.3, 0.4) is 0 Å². The van der Waals surface area contributed by atoms with E-state index in [-0.39, 0.29) is 5.75 Å². The largest absolute Gasteiger partial charge is 0.508 e. The second-order valence-corrected chi connectivity index (χ2v) is 4.82. The summed E-state index contributed by atoms with van der Waals surface area (Å²) in [6.07, 6.45) is 3.60. The van der Waals surface area contributed by atoms with Gasteiger partial charge in [0.2, 0.25) is 0 Å². The molecule has 0 saturated heterocycles. The van der Waals surface area contributed by atoms with Gasteiger partial charge in [-0.1, -0.05) is 6.07 Å². The van der Waals surface area contributed by atoms with Crippen molar-refractivity contribution in [1.29, 1.82) is 0 Å². The lowest BCUT2D eigenvalue weighted by molar-refractivity contribution is 0.475. The lowest BCUT2D eigenvalue weighted by Crippen LogP contribution is -1.78. The molecular weight excluding hydrogens is 244 g/mol. The molecule has 1 N–H and O–H groups in total. The SMILES string of the molecule is Oc1ccc(-c2cnc(-c3ccccn3)s2)cc1. The lowest BCUT2D eigenvalue weighted by Gasteiger charge is -1.96. The van der Waals surface area contributed by atoms with Gasteiger partial charge in [0, 0.05) is 12.4 Å². The molecule has 0 atom stereocenters. The first kappa shape index (κ1) is 10.9. The van der Waals surface area contributed by atoms with Gasteiger partial charge in [0.25, 0.3) is 0 Å². The van der Waals surface area contributed by atoms with Crippen molar-refractivity contribution in [3.63, 3.8) is 0 Å². The number of aromatic hydroxyl groups is 1. The van der Waals surface area contributed by atoms with Gasteiger partial charge in [-0.05, 0) is 42.0 Å². The molecule has 2 heterocycles. The Morgan fingerprint density at radius 1 is 0.944 bits per heavy atom. The summed E-state index contributed by atoms with van der Waals surface area (Å²) in [5, 5.41) is 10.2. The molecular formula is C14H10N2OS. The van der Waals surface area contributed by atoms with E-state index in [0.717, 1.165) is 21.1 Å². The van der Waals surface area contributed by atoms with Crippen LogP contribution in [0, 0.1) is 0 Å². The van der Waals surface area contributed by atoms with Gasteiger partial charge in [-0.25, -0.2) is 4.98 Å². The van der Waals surface area contributed by atoms with E-state index in [1.165, 1.54) is 0 Å². The predicted molar refractivity (Wildman–Crippen MR) is 72.4 cm³/mol. The molecule has 88 valence electrons. The molecule has 3 rings (SSSR count). The number of thiazole rings is 1. The average Bonchev–Trinajstić information content (AvgIpc) is 2.90. The fourth-order valence-electron chi connectivity index (χ4n) is 1.64. The van der Waals surface area contributed by atoms with Crippen molar-refractivity contribution < 1.29 is 5.11 Å². The maximum atomic E-state index is 9.26. The average molecular weight is 254 g/mol. The Labute approximate surface area is 108 Å².